The number of rotatable bonds is 3. The van der Waals surface area contributed by atoms with Gasteiger partial charge in [0.1, 0.15) is 0 Å². The molecule has 1 amide bonds. The van der Waals surface area contributed by atoms with Crippen LogP contribution >= 0.6 is 0 Å². The van der Waals surface area contributed by atoms with Crippen molar-refractivity contribution in [2.24, 2.45) is 0 Å². The zero-order chi connectivity index (χ0) is 16.7. The van der Waals surface area contributed by atoms with E-state index in [0.29, 0.717) is 34.4 Å². The van der Waals surface area contributed by atoms with E-state index in [1.807, 2.05) is 0 Å². The average Bonchev–Trinajstić information content (AvgIpc) is 3.30. The predicted molar refractivity (Wildman–Crippen MR) is 81.7 cm³/mol. The Labute approximate surface area is 134 Å². The van der Waals surface area contributed by atoms with Crippen molar-refractivity contribution in [3.8, 4) is 5.95 Å². The summed E-state index contributed by atoms with van der Waals surface area (Å²) in [6.45, 7) is 3.59. The molecule has 0 spiro atoms. The van der Waals surface area contributed by atoms with Crippen molar-refractivity contribution in [3.05, 3.63) is 41.6 Å². The number of anilines is 1. The van der Waals surface area contributed by atoms with Crippen molar-refractivity contribution in [1.29, 1.82) is 0 Å². The average molecular weight is 324 g/mol. The Morgan fingerprint density at radius 2 is 2.21 bits per heavy atom. The van der Waals surface area contributed by atoms with Crippen molar-refractivity contribution in [1.82, 2.24) is 45.0 Å². The Balaban J connectivity index is 1.70. The van der Waals surface area contributed by atoms with Crippen molar-refractivity contribution >= 4 is 17.2 Å². The van der Waals surface area contributed by atoms with E-state index < -0.39 is 0 Å². The highest BCUT2D eigenvalue weighted by Gasteiger charge is 2.20. The maximum atomic E-state index is 12.6. The number of nitrogens with one attached hydrogen (secondary N) is 2. The molecule has 11 nitrogen and oxygen atoms in total. The molecule has 24 heavy (non-hydrogen) atoms. The number of carbonyl (C=O) groups excluding carboxylic acids is 1. The molecule has 11 heteroatoms. The van der Waals surface area contributed by atoms with E-state index in [4.69, 9.17) is 0 Å². The Morgan fingerprint density at radius 3 is 3.00 bits per heavy atom. The Kier molecular flexibility index (Phi) is 3.05. The van der Waals surface area contributed by atoms with Gasteiger partial charge in [-0.2, -0.15) is 20.1 Å². The number of aromatic amines is 1. The highest BCUT2D eigenvalue weighted by atomic mass is 16.2. The number of nitrogens with zero attached hydrogens (tertiary/aromatic N) is 8. The highest BCUT2D eigenvalue weighted by Crippen LogP contribution is 2.21. The van der Waals surface area contributed by atoms with Gasteiger partial charge in [0, 0.05) is 6.20 Å². The first-order chi connectivity index (χ1) is 11.6. The Hall–Kier alpha value is -3.63. The molecule has 4 aromatic rings. The van der Waals surface area contributed by atoms with Crippen LogP contribution in [0.2, 0.25) is 0 Å². The van der Waals surface area contributed by atoms with Crippen LogP contribution in [0.15, 0.2) is 24.5 Å². The van der Waals surface area contributed by atoms with Gasteiger partial charge in [-0.25, -0.2) is 9.50 Å². The van der Waals surface area contributed by atoms with E-state index in [1.165, 1.54) is 15.4 Å². The summed E-state index contributed by atoms with van der Waals surface area (Å²) in [5, 5.41) is 25.0. The van der Waals surface area contributed by atoms with Crippen LogP contribution in [-0.2, 0) is 0 Å². The van der Waals surface area contributed by atoms with Crippen LogP contribution in [-0.4, -0.2) is 50.9 Å². The number of tetrazole rings is 1. The normalized spacial score (nSPS) is 11.1. The molecule has 0 radical (unpaired) electrons. The second-order valence-corrected chi connectivity index (χ2v) is 5.06. The summed E-state index contributed by atoms with van der Waals surface area (Å²) in [5.74, 6) is -0.0346. The predicted octanol–water partition coefficient (Wildman–Crippen LogP) is 0.297. The summed E-state index contributed by atoms with van der Waals surface area (Å²) in [4.78, 5) is 16.7. The second kappa shape index (κ2) is 5.22. The van der Waals surface area contributed by atoms with Crippen LogP contribution in [0.1, 0.15) is 21.9 Å². The van der Waals surface area contributed by atoms with Crippen LogP contribution in [0, 0.1) is 13.8 Å². The SMILES string of the molecule is Cc1nn(-c2nn[nH]n2)c(C)c1NC(=O)c1cnc2cccnn12. The van der Waals surface area contributed by atoms with Gasteiger partial charge in [-0.3, -0.25) is 4.79 Å². The molecule has 4 aromatic heterocycles. The van der Waals surface area contributed by atoms with E-state index in [9.17, 15) is 4.79 Å². The number of imidazole rings is 1. The monoisotopic (exact) mass is 324 g/mol. The van der Waals surface area contributed by atoms with Gasteiger partial charge >= 0.3 is 0 Å². The number of fused-ring (bicyclic) bond motifs is 1. The van der Waals surface area contributed by atoms with Gasteiger partial charge in [-0.15, -0.1) is 5.10 Å². The number of hydrogen-bond acceptors (Lipinski definition) is 7. The summed E-state index contributed by atoms with van der Waals surface area (Å²) in [6, 6.07) is 3.53. The van der Waals surface area contributed by atoms with E-state index in [2.05, 4.69) is 41.1 Å². The van der Waals surface area contributed by atoms with Crippen LogP contribution in [0.5, 0.6) is 0 Å². The fourth-order valence-corrected chi connectivity index (χ4v) is 2.43. The topological polar surface area (TPSA) is 132 Å². The van der Waals surface area contributed by atoms with Crippen LogP contribution in [0.3, 0.4) is 0 Å². The molecule has 0 saturated carbocycles. The summed E-state index contributed by atoms with van der Waals surface area (Å²) < 4.78 is 2.98. The lowest BCUT2D eigenvalue weighted by atomic mass is 10.3. The molecular weight excluding hydrogens is 312 g/mol. The standard InChI is InChI=1S/C13H12N10O/c1-7-11(8(2)22(19-7)13-17-20-21-18-13)16-12(24)9-6-14-10-4-3-5-15-23(9)10/h3-6H,1-2H3,(H,16,24)(H,17,18,20,21). The van der Waals surface area contributed by atoms with E-state index in [1.54, 1.807) is 32.2 Å². The summed E-state index contributed by atoms with van der Waals surface area (Å²) >= 11 is 0. The minimum absolute atomic E-state index is 0.299. The largest absolute Gasteiger partial charge is 0.317 e. The molecule has 4 heterocycles. The lowest BCUT2D eigenvalue weighted by Crippen LogP contribution is -2.16. The summed E-state index contributed by atoms with van der Waals surface area (Å²) in [7, 11) is 0. The molecule has 2 N–H and O–H groups in total. The first-order valence-electron chi connectivity index (χ1n) is 7.05. The molecule has 0 aliphatic rings. The Morgan fingerprint density at radius 1 is 1.33 bits per heavy atom. The highest BCUT2D eigenvalue weighted by molar-refractivity contribution is 6.04. The molecule has 0 atom stereocenters. The number of H-pyrrole nitrogens is 1. The van der Waals surface area contributed by atoms with Gasteiger partial charge in [-0.05, 0) is 31.2 Å². The van der Waals surface area contributed by atoms with Crippen molar-refractivity contribution in [2.45, 2.75) is 13.8 Å². The third kappa shape index (κ3) is 2.10. The maximum Gasteiger partial charge on any atom is 0.290 e. The summed E-state index contributed by atoms with van der Waals surface area (Å²) in [6.07, 6.45) is 3.07. The molecule has 0 aromatic carbocycles. The number of amides is 1. The van der Waals surface area contributed by atoms with E-state index in [0.717, 1.165) is 0 Å². The van der Waals surface area contributed by atoms with Crippen molar-refractivity contribution in [2.75, 3.05) is 5.32 Å². The Bertz CT molecular complexity index is 1030. The smallest absolute Gasteiger partial charge is 0.290 e. The van der Waals surface area contributed by atoms with Crippen LogP contribution in [0.4, 0.5) is 5.69 Å². The molecule has 0 aliphatic carbocycles. The number of carbonyl (C=O) groups is 1. The summed E-state index contributed by atoms with van der Waals surface area (Å²) in [5.41, 5.74) is 2.82. The lowest BCUT2D eigenvalue weighted by molar-refractivity contribution is 0.102. The van der Waals surface area contributed by atoms with Crippen LogP contribution < -0.4 is 5.32 Å². The molecule has 0 bridgehead atoms. The van der Waals surface area contributed by atoms with Crippen molar-refractivity contribution in [3.63, 3.8) is 0 Å². The molecule has 0 saturated heterocycles. The molecule has 0 fully saturated rings. The van der Waals surface area contributed by atoms with Gasteiger partial charge < -0.3 is 5.32 Å². The quantitative estimate of drug-likeness (QED) is 0.554. The van der Waals surface area contributed by atoms with Gasteiger partial charge in [-0.1, -0.05) is 5.10 Å². The lowest BCUT2D eigenvalue weighted by Gasteiger charge is -2.05. The van der Waals surface area contributed by atoms with Gasteiger partial charge in [0.25, 0.3) is 11.9 Å². The molecule has 0 unspecified atom stereocenters. The first kappa shape index (κ1) is 14.0. The van der Waals surface area contributed by atoms with Gasteiger partial charge in [0.15, 0.2) is 11.3 Å². The molecule has 0 aliphatic heterocycles. The number of hydrogen-bond donors (Lipinski definition) is 2. The first-order valence-corrected chi connectivity index (χ1v) is 7.05. The third-order valence-electron chi connectivity index (χ3n) is 3.56. The van der Waals surface area contributed by atoms with Crippen molar-refractivity contribution < 1.29 is 4.79 Å². The van der Waals surface area contributed by atoms with Gasteiger partial charge in [0.05, 0.1) is 23.3 Å². The molecule has 4 rings (SSSR count). The third-order valence-corrected chi connectivity index (χ3v) is 3.56. The fraction of sp³-hybridized carbons (Fsp3) is 0.154. The number of aromatic nitrogens is 9. The zero-order valence-corrected chi connectivity index (χ0v) is 12.8. The van der Waals surface area contributed by atoms with Crippen LogP contribution in [0.25, 0.3) is 11.6 Å². The van der Waals surface area contributed by atoms with E-state index >= 15 is 0 Å². The zero-order valence-electron chi connectivity index (χ0n) is 12.8. The number of aryl methyl sites for hydroxylation is 1. The molecule has 120 valence electrons. The molecular formula is C13H12N10O. The second-order valence-electron chi connectivity index (χ2n) is 5.06. The minimum atomic E-state index is -0.333. The van der Waals surface area contributed by atoms with Gasteiger partial charge in [0.2, 0.25) is 0 Å². The van der Waals surface area contributed by atoms with E-state index in [-0.39, 0.29) is 5.91 Å². The maximum absolute atomic E-state index is 12.6. The fourth-order valence-electron chi connectivity index (χ4n) is 2.43. The minimum Gasteiger partial charge on any atom is -0.317 e.